The molecule has 0 saturated carbocycles. The smallest absolute Gasteiger partial charge is 0.170 e. The van der Waals surface area contributed by atoms with Crippen LogP contribution in [0.3, 0.4) is 0 Å². The molecule has 290 valence electrons. The Hall–Kier alpha value is -7.62. The molecule has 0 aromatic heterocycles. The van der Waals surface area contributed by atoms with Crippen LogP contribution < -0.4 is 14.4 Å². The van der Waals surface area contributed by atoms with Crippen LogP contribution in [0.25, 0.3) is 33.4 Å². The summed E-state index contributed by atoms with van der Waals surface area (Å²) >= 11 is 0. The molecule has 0 unspecified atom stereocenters. The van der Waals surface area contributed by atoms with E-state index in [0.717, 1.165) is 28.4 Å². The van der Waals surface area contributed by atoms with E-state index in [9.17, 15) is 0 Å². The number of hydrogen-bond acceptors (Lipinski definition) is 3. The van der Waals surface area contributed by atoms with E-state index < -0.39 is 5.41 Å². The highest BCUT2D eigenvalue weighted by atomic mass is 16.6. The maximum absolute atomic E-state index is 6.56. The van der Waals surface area contributed by atoms with Crippen molar-refractivity contribution in [2.75, 3.05) is 4.90 Å². The van der Waals surface area contributed by atoms with Crippen molar-refractivity contribution in [3.63, 3.8) is 0 Å². The van der Waals surface area contributed by atoms with Gasteiger partial charge in [-0.25, -0.2) is 0 Å². The predicted octanol–water partition coefficient (Wildman–Crippen LogP) is 15.4. The van der Waals surface area contributed by atoms with E-state index >= 15 is 0 Å². The molecule has 1 aliphatic heterocycles. The molecule has 9 aromatic rings. The molecule has 12 rings (SSSR count). The Morgan fingerprint density at radius 1 is 0.328 bits per heavy atom. The van der Waals surface area contributed by atoms with Crippen LogP contribution in [0.2, 0.25) is 0 Å². The van der Waals surface area contributed by atoms with Crippen LogP contribution in [0.15, 0.2) is 212 Å². The lowest BCUT2D eigenvalue weighted by atomic mass is 9.67. The van der Waals surface area contributed by atoms with Gasteiger partial charge in [0.25, 0.3) is 0 Å². The number of ether oxygens (including phenoxy) is 2. The van der Waals surface area contributed by atoms with Gasteiger partial charge in [0.1, 0.15) is 0 Å². The van der Waals surface area contributed by atoms with Crippen molar-refractivity contribution in [1.29, 1.82) is 0 Å². The Balaban J connectivity index is 1.04. The van der Waals surface area contributed by atoms with Crippen molar-refractivity contribution in [1.82, 2.24) is 0 Å². The van der Waals surface area contributed by atoms with Crippen LogP contribution in [0.1, 0.15) is 47.2 Å². The first-order valence-corrected chi connectivity index (χ1v) is 21.1. The second-order valence-electron chi connectivity index (χ2n) is 16.9. The summed E-state index contributed by atoms with van der Waals surface area (Å²) in [6.07, 6.45) is 0. The van der Waals surface area contributed by atoms with Crippen molar-refractivity contribution < 1.29 is 9.47 Å². The number of benzene rings is 9. The fraction of sp³-hybridized carbons (Fsp3) is 0.0690. The van der Waals surface area contributed by atoms with E-state index in [-0.39, 0.29) is 5.41 Å². The Morgan fingerprint density at radius 3 is 1.54 bits per heavy atom. The van der Waals surface area contributed by atoms with E-state index in [0.29, 0.717) is 17.2 Å². The fourth-order valence-corrected chi connectivity index (χ4v) is 10.4. The minimum atomic E-state index is -0.623. The first-order chi connectivity index (χ1) is 30.0. The van der Waals surface area contributed by atoms with Gasteiger partial charge < -0.3 is 14.4 Å². The van der Waals surface area contributed by atoms with Gasteiger partial charge in [0.15, 0.2) is 23.0 Å². The molecule has 0 saturated heterocycles. The lowest BCUT2D eigenvalue weighted by Crippen LogP contribution is -2.28. The third-order valence-electron chi connectivity index (χ3n) is 13.2. The second kappa shape index (κ2) is 13.5. The van der Waals surface area contributed by atoms with Gasteiger partial charge in [-0.2, -0.15) is 0 Å². The monoisotopic (exact) mass is 783 g/mol. The lowest BCUT2D eigenvalue weighted by molar-refractivity contribution is 0.359. The quantitative estimate of drug-likeness (QED) is 0.168. The SMILES string of the molecule is CC1(C)c2ccccc2-c2ccc(N(c3ccc(C4(c5ccc6c(c5)Oc5ccccc5O6)c5ccccc5-c5ccccc54)cc3)c3cccc(-c4ccccc4)c3)cc21. The van der Waals surface area contributed by atoms with Crippen molar-refractivity contribution in [2.24, 2.45) is 0 Å². The fourth-order valence-electron chi connectivity index (χ4n) is 10.4. The van der Waals surface area contributed by atoms with Crippen molar-refractivity contribution in [2.45, 2.75) is 24.7 Å². The third kappa shape index (κ3) is 5.30. The molecule has 0 radical (unpaired) electrons. The highest BCUT2D eigenvalue weighted by Gasteiger charge is 2.46. The van der Waals surface area contributed by atoms with Crippen LogP contribution in [0.4, 0.5) is 17.1 Å². The molecule has 0 bridgehead atoms. The Bertz CT molecular complexity index is 3140. The molecule has 61 heavy (non-hydrogen) atoms. The summed E-state index contributed by atoms with van der Waals surface area (Å²) in [4.78, 5) is 2.42. The molecule has 0 atom stereocenters. The van der Waals surface area contributed by atoms with Crippen molar-refractivity contribution in [3.05, 3.63) is 246 Å². The molecule has 3 aliphatic rings. The molecular formula is C58H41NO2. The average molecular weight is 784 g/mol. The van der Waals surface area contributed by atoms with Gasteiger partial charge in [0.2, 0.25) is 0 Å². The first-order valence-electron chi connectivity index (χ1n) is 21.1. The molecule has 3 nitrogen and oxygen atoms in total. The molecule has 0 spiro atoms. The zero-order valence-electron chi connectivity index (χ0n) is 34.0. The molecule has 0 fully saturated rings. The predicted molar refractivity (Wildman–Crippen MR) is 248 cm³/mol. The second-order valence-corrected chi connectivity index (χ2v) is 16.9. The van der Waals surface area contributed by atoms with Crippen LogP contribution in [-0.2, 0) is 10.8 Å². The van der Waals surface area contributed by atoms with Gasteiger partial charge in [-0.05, 0) is 127 Å². The van der Waals surface area contributed by atoms with Crippen LogP contribution in [-0.4, -0.2) is 0 Å². The highest BCUT2D eigenvalue weighted by Crippen LogP contribution is 2.58. The number of rotatable bonds is 6. The van der Waals surface area contributed by atoms with E-state index in [4.69, 9.17) is 9.47 Å². The lowest BCUT2D eigenvalue weighted by Gasteiger charge is -2.35. The standard InChI is InChI=1S/C58H41NO2/c1-57(2)49-22-9-6-19-45(49)48-33-32-44(37-52(48)57)59(43-18-14-17-39(35-43)38-15-4-3-5-16-38)42-30-27-40(28-31-42)58(50-23-10-7-20-46(50)47-21-8-11-24-51(47)58)41-29-34-55-56(36-41)61-54-26-13-12-25-53(54)60-55/h3-37H,1-2H3. The van der Waals surface area contributed by atoms with Crippen LogP contribution in [0.5, 0.6) is 23.0 Å². The first kappa shape index (κ1) is 35.3. The normalized spacial score (nSPS) is 14.3. The average Bonchev–Trinajstić information content (AvgIpc) is 3.74. The van der Waals surface area contributed by atoms with Crippen LogP contribution >= 0.6 is 0 Å². The van der Waals surface area contributed by atoms with E-state index in [2.05, 4.69) is 207 Å². The summed E-state index contributed by atoms with van der Waals surface area (Å²) in [5.41, 5.74) is 17.5. The highest BCUT2D eigenvalue weighted by molar-refractivity contribution is 5.89. The molecule has 1 heterocycles. The van der Waals surface area contributed by atoms with Crippen molar-refractivity contribution >= 4 is 17.1 Å². The number of para-hydroxylation sites is 2. The van der Waals surface area contributed by atoms with Gasteiger partial charge >= 0.3 is 0 Å². The zero-order valence-corrected chi connectivity index (χ0v) is 34.0. The topological polar surface area (TPSA) is 21.7 Å². The summed E-state index contributed by atoms with van der Waals surface area (Å²) in [7, 11) is 0. The molecule has 0 N–H and O–H groups in total. The Morgan fingerprint density at radius 2 is 0.836 bits per heavy atom. The van der Waals surface area contributed by atoms with Crippen molar-refractivity contribution in [3.8, 4) is 56.4 Å². The summed E-state index contributed by atoms with van der Waals surface area (Å²) in [6, 6.07) is 76.8. The molecular weight excluding hydrogens is 743 g/mol. The minimum absolute atomic E-state index is 0.134. The third-order valence-corrected chi connectivity index (χ3v) is 13.2. The van der Waals surface area contributed by atoms with Gasteiger partial charge in [-0.15, -0.1) is 0 Å². The minimum Gasteiger partial charge on any atom is -0.450 e. The van der Waals surface area contributed by atoms with Gasteiger partial charge in [-0.3, -0.25) is 0 Å². The van der Waals surface area contributed by atoms with E-state index in [1.807, 2.05) is 24.3 Å². The van der Waals surface area contributed by atoms with E-state index in [1.54, 1.807) is 0 Å². The molecule has 2 aliphatic carbocycles. The molecule has 0 amide bonds. The number of nitrogens with zero attached hydrogens (tertiary/aromatic N) is 1. The largest absolute Gasteiger partial charge is 0.450 e. The van der Waals surface area contributed by atoms with Gasteiger partial charge in [0, 0.05) is 22.5 Å². The van der Waals surface area contributed by atoms with Crippen LogP contribution in [0, 0.1) is 0 Å². The van der Waals surface area contributed by atoms with Gasteiger partial charge in [-0.1, -0.05) is 166 Å². The molecule has 9 aromatic carbocycles. The Kier molecular flexibility index (Phi) is 7.79. The summed E-state index contributed by atoms with van der Waals surface area (Å²) in [5.74, 6) is 2.86. The zero-order chi connectivity index (χ0) is 40.7. The molecule has 3 heteroatoms. The number of hydrogen-bond donors (Lipinski definition) is 0. The summed E-state index contributed by atoms with van der Waals surface area (Å²) in [5, 5.41) is 0. The Labute approximate surface area is 356 Å². The summed E-state index contributed by atoms with van der Waals surface area (Å²) in [6.45, 7) is 4.70. The van der Waals surface area contributed by atoms with Gasteiger partial charge in [0.05, 0.1) is 5.41 Å². The maximum Gasteiger partial charge on any atom is 0.170 e. The summed E-state index contributed by atoms with van der Waals surface area (Å²) < 4.78 is 12.9. The number of fused-ring (bicyclic) bond motifs is 8. The number of anilines is 3. The van der Waals surface area contributed by atoms with E-state index in [1.165, 1.54) is 61.2 Å². The maximum atomic E-state index is 6.56.